The standard InChI is InChI=1S/C28H30FN3O4/c1-4-35-25-16-21(10-15-24(25)36-18-20-8-6-5-7-9-20)17-30-32-28(34)26(19(2)3)31-27(33)22-11-13-23(29)14-12-22/h5-17,19,26H,4,18H2,1-3H3,(H,31,33)(H,32,34)/b30-17+. The Morgan fingerprint density at radius 3 is 2.36 bits per heavy atom. The molecular weight excluding hydrogens is 461 g/mol. The number of ether oxygens (including phenoxy) is 2. The molecule has 0 aliphatic heterocycles. The lowest BCUT2D eigenvalue weighted by atomic mass is 10.0. The highest BCUT2D eigenvalue weighted by molar-refractivity contribution is 5.97. The Balaban J connectivity index is 1.62. The summed E-state index contributed by atoms with van der Waals surface area (Å²) in [6.45, 7) is 6.37. The van der Waals surface area contributed by atoms with Gasteiger partial charge < -0.3 is 14.8 Å². The van der Waals surface area contributed by atoms with Crippen LogP contribution < -0.4 is 20.2 Å². The molecule has 0 aromatic heterocycles. The Morgan fingerprint density at radius 2 is 1.69 bits per heavy atom. The van der Waals surface area contributed by atoms with Crippen molar-refractivity contribution in [2.24, 2.45) is 11.0 Å². The zero-order valence-electron chi connectivity index (χ0n) is 20.5. The molecule has 1 atom stereocenters. The van der Waals surface area contributed by atoms with Crippen LogP contribution in [0.5, 0.6) is 11.5 Å². The fourth-order valence-corrected chi connectivity index (χ4v) is 3.33. The summed E-state index contributed by atoms with van der Waals surface area (Å²) < 4.78 is 24.7. The third-order valence-corrected chi connectivity index (χ3v) is 5.24. The molecule has 2 amide bonds. The van der Waals surface area contributed by atoms with E-state index in [-0.39, 0.29) is 11.5 Å². The zero-order valence-corrected chi connectivity index (χ0v) is 20.5. The first-order valence-corrected chi connectivity index (χ1v) is 11.7. The predicted molar refractivity (Wildman–Crippen MR) is 137 cm³/mol. The first kappa shape index (κ1) is 26.4. The predicted octanol–water partition coefficient (Wildman–Crippen LogP) is 4.71. The maximum atomic E-state index is 13.1. The molecule has 7 nitrogen and oxygen atoms in total. The van der Waals surface area contributed by atoms with Gasteiger partial charge in [-0.05, 0) is 66.4 Å². The van der Waals surface area contributed by atoms with Gasteiger partial charge in [-0.2, -0.15) is 5.10 Å². The molecule has 0 spiro atoms. The van der Waals surface area contributed by atoms with Crippen LogP contribution in [0.15, 0.2) is 77.9 Å². The number of nitrogens with one attached hydrogen (secondary N) is 2. The van der Waals surface area contributed by atoms with E-state index in [0.29, 0.717) is 30.3 Å². The van der Waals surface area contributed by atoms with Gasteiger partial charge in [-0.1, -0.05) is 44.2 Å². The van der Waals surface area contributed by atoms with Crippen LogP contribution in [0.25, 0.3) is 0 Å². The molecule has 2 N–H and O–H groups in total. The van der Waals surface area contributed by atoms with Crippen molar-refractivity contribution in [2.45, 2.75) is 33.4 Å². The van der Waals surface area contributed by atoms with Crippen molar-refractivity contribution in [1.29, 1.82) is 0 Å². The van der Waals surface area contributed by atoms with Crippen LogP contribution in [-0.4, -0.2) is 30.7 Å². The van der Waals surface area contributed by atoms with Crippen LogP contribution in [0.3, 0.4) is 0 Å². The van der Waals surface area contributed by atoms with E-state index in [0.717, 1.165) is 5.56 Å². The highest BCUT2D eigenvalue weighted by Gasteiger charge is 2.24. The molecule has 3 aromatic carbocycles. The summed E-state index contributed by atoms with van der Waals surface area (Å²) in [6.07, 6.45) is 1.49. The van der Waals surface area contributed by atoms with Crippen LogP contribution >= 0.6 is 0 Å². The van der Waals surface area contributed by atoms with Crippen molar-refractivity contribution in [2.75, 3.05) is 6.61 Å². The number of hydrogen-bond donors (Lipinski definition) is 2. The van der Waals surface area contributed by atoms with Gasteiger partial charge in [0.05, 0.1) is 12.8 Å². The van der Waals surface area contributed by atoms with Crippen LogP contribution in [0, 0.1) is 11.7 Å². The quantitative estimate of drug-likeness (QED) is 0.300. The SMILES string of the molecule is CCOc1cc(/C=N/NC(=O)C(NC(=O)c2ccc(F)cc2)C(C)C)ccc1OCc1ccccc1. The lowest BCUT2D eigenvalue weighted by Gasteiger charge is -2.20. The van der Waals surface area contributed by atoms with Crippen molar-refractivity contribution in [3.05, 3.63) is 95.3 Å². The Morgan fingerprint density at radius 1 is 0.972 bits per heavy atom. The van der Waals surface area contributed by atoms with Gasteiger partial charge in [-0.15, -0.1) is 0 Å². The highest BCUT2D eigenvalue weighted by Crippen LogP contribution is 2.29. The molecule has 188 valence electrons. The molecule has 0 bridgehead atoms. The van der Waals surface area contributed by atoms with Crippen LogP contribution in [0.2, 0.25) is 0 Å². The molecule has 0 saturated carbocycles. The molecule has 0 aliphatic rings. The molecule has 0 saturated heterocycles. The van der Waals surface area contributed by atoms with Gasteiger partial charge in [0.1, 0.15) is 18.5 Å². The molecule has 0 heterocycles. The Hall–Kier alpha value is -4.20. The summed E-state index contributed by atoms with van der Waals surface area (Å²) in [7, 11) is 0. The third kappa shape index (κ3) is 7.66. The number of hydrazone groups is 1. The molecule has 0 fully saturated rings. The normalized spacial score (nSPS) is 11.8. The molecular formula is C28H30FN3O4. The van der Waals surface area contributed by atoms with Gasteiger partial charge >= 0.3 is 0 Å². The van der Waals surface area contributed by atoms with E-state index in [9.17, 15) is 14.0 Å². The van der Waals surface area contributed by atoms with E-state index in [1.54, 1.807) is 32.0 Å². The van der Waals surface area contributed by atoms with Crippen LogP contribution in [0.4, 0.5) is 4.39 Å². The van der Waals surface area contributed by atoms with E-state index >= 15 is 0 Å². The summed E-state index contributed by atoms with van der Waals surface area (Å²) in [6, 6.07) is 19.5. The van der Waals surface area contributed by atoms with E-state index in [2.05, 4.69) is 15.8 Å². The van der Waals surface area contributed by atoms with Gasteiger partial charge in [0.15, 0.2) is 11.5 Å². The average Bonchev–Trinajstić information content (AvgIpc) is 2.87. The molecule has 8 heteroatoms. The van der Waals surface area contributed by atoms with Crippen LogP contribution in [-0.2, 0) is 11.4 Å². The van der Waals surface area contributed by atoms with E-state index in [4.69, 9.17) is 9.47 Å². The molecule has 0 radical (unpaired) electrons. The number of hydrogen-bond acceptors (Lipinski definition) is 5. The second-order valence-corrected chi connectivity index (χ2v) is 8.35. The zero-order chi connectivity index (χ0) is 25.9. The lowest BCUT2D eigenvalue weighted by Crippen LogP contribution is -2.48. The Kier molecular flexibility index (Phi) is 9.56. The summed E-state index contributed by atoms with van der Waals surface area (Å²) >= 11 is 0. The van der Waals surface area contributed by atoms with Crippen molar-refractivity contribution in [3.8, 4) is 11.5 Å². The molecule has 1 unspecified atom stereocenters. The number of halogens is 1. The summed E-state index contributed by atoms with van der Waals surface area (Å²) in [4.78, 5) is 25.2. The van der Waals surface area contributed by atoms with Crippen molar-refractivity contribution >= 4 is 18.0 Å². The van der Waals surface area contributed by atoms with Crippen molar-refractivity contribution < 1.29 is 23.5 Å². The first-order valence-electron chi connectivity index (χ1n) is 11.7. The Bertz CT molecular complexity index is 1180. The average molecular weight is 492 g/mol. The summed E-state index contributed by atoms with van der Waals surface area (Å²) in [5, 5.41) is 6.72. The summed E-state index contributed by atoms with van der Waals surface area (Å²) in [5.41, 5.74) is 4.47. The summed E-state index contributed by atoms with van der Waals surface area (Å²) in [5.74, 6) is -0.414. The maximum absolute atomic E-state index is 13.1. The van der Waals surface area contributed by atoms with Crippen LogP contribution in [0.1, 0.15) is 42.3 Å². The molecule has 0 aliphatic carbocycles. The minimum atomic E-state index is -0.826. The number of carbonyl (C=O) groups is 2. The molecule has 3 rings (SSSR count). The minimum Gasteiger partial charge on any atom is -0.490 e. The maximum Gasteiger partial charge on any atom is 0.262 e. The third-order valence-electron chi connectivity index (χ3n) is 5.24. The number of nitrogens with zero attached hydrogens (tertiary/aromatic N) is 1. The number of rotatable bonds is 11. The highest BCUT2D eigenvalue weighted by atomic mass is 19.1. The van der Waals surface area contributed by atoms with Gasteiger partial charge in [-0.25, -0.2) is 9.82 Å². The van der Waals surface area contributed by atoms with E-state index < -0.39 is 23.7 Å². The number of benzene rings is 3. The van der Waals surface area contributed by atoms with Gasteiger partial charge in [0.25, 0.3) is 11.8 Å². The topological polar surface area (TPSA) is 89.0 Å². The molecule has 36 heavy (non-hydrogen) atoms. The largest absolute Gasteiger partial charge is 0.490 e. The Labute approximate surface area is 210 Å². The van der Waals surface area contributed by atoms with Crippen molar-refractivity contribution in [1.82, 2.24) is 10.7 Å². The number of carbonyl (C=O) groups excluding carboxylic acids is 2. The minimum absolute atomic E-state index is 0.199. The van der Waals surface area contributed by atoms with Crippen molar-refractivity contribution in [3.63, 3.8) is 0 Å². The fraction of sp³-hybridized carbons (Fsp3) is 0.250. The second kappa shape index (κ2) is 13.0. The van der Waals surface area contributed by atoms with Gasteiger partial charge in [0, 0.05) is 5.56 Å². The fourth-order valence-electron chi connectivity index (χ4n) is 3.33. The van der Waals surface area contributed by atoms with E-state index in [1.807, 2.05) is 37.3 Å². The number of amides is 2. The van der Waals surface area contributed by atoms with Gasteiger partial charge in [0.2, 0.25) is 0 Å². The second-order valence-electron chi connectivity index (χ2n) is 8.35. The molecule has 3 aromatic rings. The first-order chi connectivity index (χ1) is 17.4. The lowest BCUT2D eigenvalue weighted by molar-refractivity contribution is -0.123. The van der Waals surface area contributed by atoms with E-state index in [1.165, 1.54) is 30.5 Å². The van der Waals surface area contributed by atoms with Gasteiger partial charge in [-0.3, -0.25) is 9.59 Å². The smallest absolute Gasteiger partial charge is 0.262 e. The monoisotopic (exact) mass is 491 g/mol.